The van der Waals surface area contributed by atoms with E-state index in [1.807, 2.05) is 5.38 Å². The molecule has 0 amide bonds. The van der Waals surface area contributed by atoms with Crippen LogP contribution in [0.15, 0.2) is 40.3 Å². The van der Waals surface area contributed by atoms with Gasteiger partial charge < -0.3 is 25.4 Å². The van der Waals surface area contributed by atoms with Crippen LogP contribution in [0.2, 0.25) is 5.02 Å². The Morgan fingerprint density at radius 1 is 1.31 bits per heavy atom. The molecule has 5 rings (SSSR count). The molecule has 1 fully saturated rings. The van der Waals surface area contributed by atoms with Crippen molar-refractivity contribution in [2.75, 3.05) is 19.5 Å². The summed E-state index contributed by atoms with van der Waals surface area (Å²) in [5.74, 6) is 0. The zero-order valence-corrected chi connectivity index (χ0v) is 21.3. The lowest BCUT2D eigenvalue weighted by Gasteiger charge is -2.43. The molecule has 4 aromatic heterocycles. The minimum Gasteiger partial charge on any atom is -0.394 e. The van der Waals surface area contributed by atoms with Gasteiger partial charge in [-0.2, -0.15) is 0 Å². The van der Waals surface area contributed by atoms with Crippen LogP contribution in [0, 0.1) is 0 Å². The van der Waals surface area contributed by atoms with Crippen LogP contribution in [-0.2, 0) is 9.47 Å². The molecule has 4 aromatic rings. The minimum absolute atomic E-state index is 0.400. The number of nitrogen functional groups attached to an aromatic ring is 1. The van der Waals surface area contributed by atoms with Gasteiger partial charge in [-0.25, -0.2) is 14.6 Å². The summed E-state index contributed by atoms with van der Waals surface area (Å²) in [5.41, 5.74) is 6.83. The van der Waals surface area contributed by atoms with E-state index in [0.29, 0.717) is 27.2 Å². The van der Waals surface area contributed by atoms with Gasteiger partial charge in [0.25, 0.3) is 0 Å². The molecule has 0 aromatic carbocycles. The number of aliphatic hydroxyl groups excluding tert-OH is 2. The third kappa shape index (κ3) is 4.93. The number of aromatic nitrogens is 6. The van der Waals surface area contributed by atoms with Crippen LogP contribution in [0.5, 0.6) is 0 Å². The molecular formula is C20H20ClN7O4S3. The first-order valence-electron chi connectivity index (χ1n) is 10.3. The van der Waals surface area contributed by atoms with E-state index in [4.69, 9.17) is 26.8 Å². The fourth-order valence-corrected chi connectivity index (χ4v) is 6.59. The Kier molecular flexibility index (Phi) is 7.31. The highest BCUT2D eigenvalue weighted by molar-refractivity contribution is 8.00. The zero-order valence-electron chi connectivity index (χ0n) is 18.1. The molecule has 11 nitrogen and oxygen atoms in total. The Balaban J connectivity index is 1.49. The van der Waals surface area contributed by atoms with E-state index in [-0.39, 0.29) is 0 Å². The summed E-state index contributed by atoms with van der Waals surface area (Å²) in [6.45, 7) is -0.400. The fourth-order valence-electron chi connectivity index (χ4n) is 3.79. The molecule has 0 bridgehead atoms. The summed E-state index contributed by atoms with van der Waals surface area (Å²) in [6, 6.07) is 1.07. The Hall–Kier alpha value is -2.17. The first-order chi connectivity index (χ1) is 17.0. The Labute approximate surface area is 216 Å². The van der Waals surface area contributed by atoms with Crippen LogP contribution >= 0.6 is 46.0 Å². The van der Waals surface area contributed by atoms with Crippen molar-refractivity contribution in [2.24, 2.45) is 0 Å². The number of ether oxygens (including phenoxy) is 2. The second kappa shape index (κ2) is 10.4. The van der Waals surface area contributed by atoms with E-state index in [1.165, 1.54) is 46.2 Å². The predicted octanol–water partition coefficient (Wildman–Crippen LogP) is 2.58. The number of methoxy groups -OCH3 is 1. The Morgan fingerprint density at radius 3 is 2.86 bits per heavy atom. The van der Waals surface area contributed by atoms with Crippen LogP contribution < -0.4 is 5.73 Å². The normalized spacial score (nSPS) is 24.6. The maximum absolute atomic E-state index is 11.1. The molecule has 35 heavy (non-hydrogen) atoms. The highest BCUT2D eigenvalue weighted by Gasteiger charge is 2.47. The molecule has 1 saturated heterocycles. The van der Waals surface area contributed by atoms with Gasteiger partial charge in [0, 0.05) is 35.2 Å². The quantitative estimate of drug-likeness (QED) is 0.309. The number of hydrogen-bond acceptors (Lipinski definition) is 13. The molecule has 0 saturated carbocycles. The molecule has 2 unspecified atom stereocenters. The standard InChI is InChI=1S/C20H20ClN7O4S3/c1-31-17-15(28-6-10(26-27-28)11-8-34-20(22)25-11)16(30)12(7-29)32-19(17)35-13-4-9(21)5-24-14(13)18-23-2-3-33-18/h2-6,8,12,15-17,19,29-30H,7H2,1H3,(H2,22,25)/t12?,15-,16-,17?,19+/m0/s1. The van der Waals surface area contributed by atoms with Crippen molar-refractivity contribution in [1.82, 2.24) is 29.9 Å². The largest absolute Gasteiger partial charge is 0.394 e. The minimum atomic E-state index is -1.12. The molecular weight excluding hydrogens is 534 g/mol. The van der Waals surface area contributed by atoms with Gasteiger partial charge in [-0.15, -0.1) is 27.8 Å². The maximum atomic E-state index is 11.1. The van der Waals surface area contributed by atoms with E-state index in [1.54, 1.807) is 30.0 Å². The molecule has 0 spiro atoms. The summed E-state index contributed by atoms with van der Waals surface area (Å²) >= 11 is 10.3. The van der Waals surface area contributed by atoms with Crippen molar-refractivity contribution in [1.29, 1.82) is 0 Å². The van der Waals surface area contributed by atoms with Crippen LogP contribution in [-0.4, -0.2) is 77.6 Å². The number of thioether (sulfide) groups is 1. The second-order valence-electron chi connectivity index (χ2n) is 7.52. The van der Waals surface area contributed by atoms with Crippen molar-refractivity contribution >= 4 is 51.2 Å². The van der Waals surface area contributed by atoms with Crippen molar-refractivity contribution in [2.45, 2.75) is 34.7 Å². The topological polar surface area (TPSA) is 154 Å². The number of thiazole rings is 2. The van der Waals surface area contributed by atoms with E-state index >= 15 is 0 Å². The predicted molar refractivity (Wildman–Crippen MR) is 133 cm³/mol. The number of pyridine rings is 1. The molecule has 0 aliphatic carbocycles. The number of nitrogens with zero attached hydrogens (tertiary/aromatic N) is 6. The Morgan fingerprint density at radius 2 is 2.17 bits per heavy atom. The average molecular weight is 554 g/mol. The highest BCUT2D eigenvalue weighted by atomic mass is 35.5. The van der Waals surface area contributed by atoms with Crippen LogP contribution in [0.4, 0.5) is 5.13 Å². The molecule has 15 heteroatoms. The molecule has 5 heterocycles. The van der Waals surface area contributed by atoms with Crippen LogP contribution in [0.25, 0.3) is 22.1 Å². The van der Waals surface area contributed by atoms with Gasteiger partial charge in [-0.1, -0.05) is 28.6 Å². The number of aliphatic hydroxyl groups is 2. The number of rotatable bonds is 7. The van der Waals surface area contributed by atoms with Crippen molar-refractivity contribution in [3.05, 3.63) is 40.4 Å². The fraction of sp³-hybridized carbons (Fsp3) is 0.350. The first kappa shape index (κ1) is 24.5. The van der Waals surface area contributed by atoms with Crippen molar-refractivity contribution < 1.29 is 19.7 Å². The lowest BCUT2D eigenvalue weighted by molar-refractivity contribution is -0.186. The van der Waals surface area contributed by atoms with Gasteiger partial charge in [0.1, 0.15) is 51.9 Å². The zero-order chi connectivity index (χ0) is 24.5. The third-order valence-electron chi connectivity index (χ3n) is 5.39. The SMILES string of the molecule is COC1[C@@H](Sc2cc(Cl)cnc2-c2nccs2)OC(CO)[C@H](O)[C@@H]1n1cc(-c2csc(N)n2)nn1. The smallest absolute Gasteiger partial charge is 0.180 e. The summed E-state index contributed by atoms with van der Waals surface area (Å²) in [6.07, 6.45) is 2.25. The molecule has 0 radical (unpaired) electrons. The van der Waals surface area contributed by atoms with Gasteiger partial charge in [0.05, 0.1) is 17.8 Å². The average Bonchev–Trinajstić information content (AvgIpc) is 3.62. The summed E-state index contributed by atoms with van der Waals surface area (Å²) in [4.78, 5) is 13.8. The number of halogens is 1. The van der Waals surface area contributed by atoms with Crippen LogP contribution in [0.1, 0.15) is 6.04 Å². The van der Waals surface area contributed by atoms with E-state index < -0.39 is 36.4 Å². The van der Waals surface area contributed by atoms with Crippen molar-refractivity contribution in [3.63, 3.8) is 0 Å². The second-order valence-corrected chi connectivity index (χ2v) is 10.9. The lowest BCUT2D eigenvalue weighted by Crippen LogP contribution is -2.55. The van der Waals surface area contributed by atoms with Gasteiger partial charge in [-0.05, 0) is 6.07 Å². The number of hydrogen-bond donors (Lipinski definition) is 3. The molecule has 1 aliphatic heterocycles. The summed E-state index contributed by atoms with van der Waals surface area (Å²) < 4.78 is 13.4. The van der Waals surface area contributed by atoms with E-state index in [2.05, 4.69) is 25.3 Å². The van der Waals surface area contributed by atoms with Gasteiger partial charge in [0.2, 0.25) is 0 Å². The highest BCUT2D eigenvalue weighted by Crippen LogP contribution is 2.42. The molecule has 4 N–H and O–H groups in total. The number of anilines is 1. The number of nitrogens with two attached hydrogens (primary N) is 1. The maximum Gasteiger partial charge on any atom is 0.180 e. The monoisotopic (exact) mass is 553 g/mol. The summed E-state index contributed by atoms with van der Waals surface area (Å²) in [5, 5.41) is 34.7. The van der Waals surface area contributed by atoms with E-state index in [0.717, 1.165) is 9.90 Å². The summed E-state index contributed by atoms with van der Waals surface area (Å²) in [7, 11) is 1.53. The first-order valence-corrected chi connectivity index (χ1v) is 13.3. The lowest BCUT2D eigenvalue weighted by atomic mass is 9.97. The van der Waals surface area contributed by atoms with Crippen LogP contribution in [0.3, 0.4) is 0 Å². The van der Waals surface area contributed by atoms with E-state index in [9.17, 15) is 10.2 Å². The molecule has 1 aliphatic rings. The molecule has 184 valence electrons. The van der Waals surface area contributed by atoms with Gasteiger partial charge in [-0.3, -0.25) is 4.98 Å². The van der Waals surface area contributed by atoms with Gasteiger partial charge in [0.15, 0.2) is 5.13 Å². The molecule has 5 atom stereocenters. The van der Waals surface area contributed by atoms with Gasteiger partial charge >= 0.3 is 0 Å². The third-order valence-corrected chi connectivity index (χ3v) is 8.23. The Bertz CT molecular complexity index is 1290. The van der Waals surface area contributed by atoms with Crippen molar-refractivity contribution in [3.8, 4) is 22.1 Å².